The Morgan fingerprint density at radius 1 is 1.38 bits per heavy atom. The summed E-state index contributed by atoms with van der Waals surface area (Å²) in [6, 6.07) is 5.70. The second-order valence-corrected chi connectivity index (χ2v) is 6.71. The lowest BCUT2D eigenvalue weighted by atomic mass is 10.3. The molecule has 0 aliphatic heterocycles. The van der Waals surface area contributed by atoms with Gasteiger partial charge in [0.15, 0.2) is 0 Å². The van der Waals surface area contributed by atoms with Gasteiger partial charge in [0, 0.05) is 17.5 Å². The van der Waals surface area contributed by atoms with Gasteiger partial charge in [0.05, 0.1) is 20.2 Å². The molecule has 108 valence electrons. The fraction of sp³-hybridized carbons (Fsp3) is 0.214. The highest BCUT2D eigenvalue weighted by atomic mass is 32.1. The van der Waals surface area contributed by atoms with E-state index in [1.807, 2.05) is 25.1 Å². The lowest BCUT2D eigenvalue weighted by molar-refractivity contribution is 0.102. The number of rotatable bonds is 4. The molecule has 0 bridgehead atoms. The molecule has 3 N–H and O–H groups in total. The highest BCUT2D eigenvalue weighted by molar-refractivity contribution is 7.18. The summed E-state index contributed by atoms with van der Waals surface area (Å²) in [7, 11) is 0. The zero-order chi connectivity index (χ0) is 14.8. The van der Waals surface area contributed by atoms with Gasteiger partial charge in [-0.1, -0.05) is 0 Å². The number of aryl methyl sites for hydroxylation is 1. The van der Waals surface area contributed by atoms with Crippen molar-refractivity contribution in [1.82, 2.24) is 9.97 Å². The first-order chi connectivity index (χ1) is 10.2. The van der Waals surface area contributed by atoms with E-state index in [0.717, 1.165) is 25.9 Å². The van der Waals surface area contributed by atoms with E-state index >= 15 is 0 Å². The van der Waals surface area contributed by atoms with Crippen LogP contribution in [0.5, 0.6) is 0 Å². The number of thiazole rings is 2. The van der Waals surface area contributed by atoms with E-state index < -0.39 is 0 Å². The molecule has 0 atom stereocenters. The molecular formula is C14H14N4OS2. The Morgan fingerprint density at radius 3 is 3.05 bits per heavy atom. The minimum atomic E-state index is -0.199. The number of carbonyl (C=O) groups excluding carboxylic acids is 1. The number of nitrogens with zero attached hydrogens (tertiary/aromatic N) is 2. The molecule has 3 aromatic rings. The topological polar surface area (TPSA) is 80.9 Å². The summed E-state index contributed by atoms with van der Waals surface area (Å²) in [6.07, 6.45) is 0.698. The quantitative estimate of drug-likeness (QED) is 0.775. The molecular weight excluding hydrogens is 304 g/mol. The predicted octanol–water partition coefficient (Wildman–Crippen LogP) is 2.81. The fourth-order valence-corrected chi connectivity index (χ4v) is 3.63. The molecule has 2 aromatic heterocycles. The number of fused-ring (bicyclic) bond motifs is 1. The summed E-state index contributed by atoms with van der Waals surface area (Å²) in [5, 5.41) is 6.53. The smallest absolute Gasteiger partial charge is 0.275 e. The first-order valence-electron chi connectivity index (χ1n) is 6.49. The molecule has 0 saturated carbocycles. The standard InChI is InChI=1S/C14H14N4OS2/c1-8-16-10-3-2-9(6-12(10)21-8)17-14(19)11-7-20-13(18-11)4-5-15/h2-3,6-7H,4-5,15H2,1H3,(H,17,19). The van der Waals surface area contributed by atoms with E-state index in [1.165, 1.54) is 11.3 Å². The summed E-state index contributed by atoms with van der Waals surface area (Å²) in [4.78, 5) is 20.8. The average molecular weight is 318 g/mol. The molecule has 0 radical (unpaired) electrons. The van der Waals surface area contributed by atoms with E-state index in [9.17, 15) is 4.79 Å². The molecule has 0 unspecified atom stereocenters. The third-order valence-electron chi connectivity index (χ3n) is 2.90. The van der Waals surface area contributed by atoms with Crippen LogP contribution >= 0.6 is 22.7 Å². The van der Waals surface area contributed by atoms with E-state index in [4.69, 9.17) is 5.73 Å². The number of amides is 1. The van der Waals surface area contributed by atoms with Crippen molar-refractivity contribution in [3.8, 4) is 0 Å². The molecule has 0 aliphatic carbocycles. The molecule has 7 heteroatoms. The Hall–Kier alpha value is -1.83. The van der Waals surface area contributed by atoms with Gasteiger partial charge in [-0.3, -0.25) is 4.79 Å². The first-order valence-corrected chi connectivity index (χ1v) is 8.18. The Balaban J connectivity index is 1.78. The van der Waals surface area contributed by atoms with Crippen LogP contribution in [0.3, 0.4) is 0 Å². The van der Waals surface area contributed by atoms with Gasteiger partial charge in [-0.05, 0) is 31.7 Å². The maximum Gasteiger partial charge on any atom is 0.275 e. The van der Waals surface area contributed by atoms with Gasteiger partial charge >= 0.3 is 0 Å². The van der Waals surface area contributed by atoms with Crippen molar-refractivity contribution in [3.05, 3.63) is 39.3 Å². The lowest BCUT2D eigenvalue weighted by Gasteiger charge is -2.02. The minimum absolute atomic E-state index is 0.199. The van der Waals surface area contributed by atoms with Crippen LogP contribution in [0.4, 0.5) is 5.69 Å². The SMILES string of the molecule is Cc1nc2ccc(NC(=O)c3csc(CCN)n3)cc2s1. The highest BCUT2D eigenvalue weighted by Gasteiger charge is 2.11. The third-order valence-corrected chi connectivity index (χ3v) is 4.74. The maximum absolute atomic E-state index is 12.2. The van der Waals surface area contributed by atoms with Crippen molar-refractivity contribution in [2.75, 3.05) is 11.9 Å². The van der Waals surface area contributed by atoms with Crippen molar-refractivity contribution in [2.24, 2.45) is 5.73 Å². The number of nitrogens with two attached hydrogens (primary N) is 1. The van der Waals surface area contributed by atoms with E-state index in [-0.39, 0.29) is 5.91 Å². The number of anilines is 1. The van der Waals surface area contributed by atoms with Gasteiger partial charge in [-0.15, -0.1) is 22.7 Å². The third kappa shape index (κ3) is 3.10. The molecule has 1 amide bonds. The summed E-state index contributed by atoms with van der Waals surface area (Å²) in [6.45, 7) is 2.51. The number of benzene rings is 1. The van der Waals surface area contributed by atoms with Gasteiger partial charge in [0.2, 0.25) is 0 Å². The van der Waals surface area contributed by atoms with Gasteiger partial charge in [-0.25, -0.2) is 9.97 Å². The number of hydrogen-bond donors (Lipinski definition) is 2. The monoisotopic (exact) mass is 318 g/mol. The van der Waals surface area contributed by atoms with Gasteiger partial charge < -0.3 is 11.1 Å². The van der Waals surface area contributed by atoms with Crippen LogP contribution in [0, 0.1) is 6.92 Å². The van der Waals surface area contributed by atoms with E-state index in [2.05, 4.69) is 15.3 Å². The zero-order valence-corrected chi connectivity index (χ0v) is 13.1. The Bertz CT molecular complexity index is 793. The molecule has 0 spiro atoms. The molecule has 2 heterocycles. The maximum atomic E-state index is 12.2. The molecule has 5 nitrogen and oxygen atoms in total. The molecule has 21 heavy (non-hydrogen) atoms. The predicted molar refractivity (Wildman–Crippen MR) is 87.2 cm³/mol. The first kappa shape index (κ1) is 14.1. The summed E-state index contributed by atoms with van der Waals surface area (Å²) in [5.74, 6) is -0.199. The largest absolute Gasteiger partial charge is 0.330 e. The van der Waals surface area contributed by atoms with Crippen LogP contribution < -0.4 is 11.1 Å². The number of nitrogens with one attached hydrogen (secondary N) is 1. The van der Waals surface area contributed by atoms with Crippen LogP contribution in [0.25, 0.3) is 10.2 Å². The molecule has 0 aliphatic rings. The summed E-state index contributed by atoms with van der Waals surface area (Å²) < 4.78 is 1.06. The molecule has 1 aromatic carbocycles. The molecule has 3 rings (SSSR count). The second kappa shape index (κ2) is 5.88. The van der Waals surface area contributed by atoms with Gasteiger partial charge in [0.25, 0.3) is 5.91 Å². The van der Waals surface area contributed by atoms with Crippen LogP contribution in [0.1, 0.15) is 20.5 Å². The van der Waals surface area contributed by atoms with Crippen LogP contribution in [-0.4, -0.2) is 22.4 Å². The Labute approximate surface area is 129 Å². The lowest BCUT2D eigenvalue weighted by Crippen LogP contribution is -2.12. The molecule has 0 saturated heterocycles. The fourth-order valence-electron chi connectivity index (χ4n) is 1.97. The van der Waals surface area contributed by atoms with E-state index in [1.54, 1.807) is 16.7 Å². The number of carbonyl (C=O) groups is 1. The van der Waals surface area contributed by atoms with Crippen LogP contribution in [0.2, 0.25) is 0 Å². The van der Waals surface area contributed by atoms with Crippen molar-refractivity contribution in [2.45, 2.75) is 13.3 Å². The van der Waals surface area contributed by atoms with Crippen molar-refractivity contribution in [3.63, 3.8) is 0 Å². The zero-order valence-electron chi connectivity index (χ0n) is 11.4. The Kier molecular flexibility index (Phi) is 3.96. The average Bonchev–Trinajstić information content (AvgIpc) is 3.04. The van der Waals surface area contributed by atoms with Crippen molar-refractivity contribution in [1.29, 1.82) is 0 Å². The normalized spacial score (nSPS) is 11.0. The van der Waals surface area contributed by atoms with Gasteiger partial charge in [-0.2, -0.15) is 0 Å². The van der Waals surface area contributed by atoms with Crippen LogP contribution in [0.15, 0.2) is 23.6 Å². The number of aromatic nitrogens is 2. The summed E-state index contributed by atoms with van der Waals surface area (Å²) in [5.41, 5.74) is 7.63. The second-order valence-electron chi connectivity index (χ2n) is 4.53. The minimum Gasteiger partial charge on any atom is -0.330 e. The van der Waals surface area contributed by atoms with E-state index in [0.29, 0.717) is 18.7 Å². The highest BCUT2D eigenvalue weighted by Crippen LogP contribution is 2.25. The number of hydrogen-bond acceptors (Lipinski definition) is 6. The Morgan fingerprint density at radius 2 is 2.24 bits per heavy atom. The van der Waals surface area contributed by atoms with Gasteiger partial charge in [0.1, 0.15) is 5.69 Å². The molecule has 0 fully saturated rings. The van der Waals surface area contributed by atoms with Crippen LogP contribution in [-0.2, 0) is 6.42 Å². The summed E-state index contributed by atoms with van der Waals surface area (Å²) >= 11 is 3.07. The van der Waals surface area contributed by atoms with Crippen molar-refractivity contribution < 1.29 is 4.79 Å². The van der Waals surface area contributed by atoms with Crippen molar-refractivity contribution >= 4 is 44.5 Å².